The molecule has 0 aliphatic heterocycles. The molecular formula is C17H19FN2OS. The molecule has 2 aromatic rings. The summed E-state index contributed by atoms with van der Waals surface area (Å²) < 4.78 is 27.7. The molecule has 22 heavy (non-hydrogen) atoms. The molecule has 0 amide bonds. The molecule has 0 bridgehead atoms. The monoisotopic (exact) mass is 318 g/mol. The van der Waals surface area contributed by atoms with E-state index in [1.54, 1.807) is 32.2 Å². The first-order chi connectivity index (χ1) is 10.4. The van der Waals surface area contributed by atoms with Gasteiger partial charge in [0.1, 0.15) is 5.82 Å². The summed E-state index contributed by atoms with van der Waals surface area (Å²) in [5.41, 5.74) is 2.86. The predicted molar refractivity (Wildman–Crippen MR) is 88.7 cm³/mol. The lowest BCUT2D eigenvalue weighted by Crippen LogP contribution is -2.18. The largest absolute Gasteiger partial charge is 0.230 e. The van der Waals surface area contributed by atoms with Crippen LogP contribution in [-0.4, -0.2) is 21.4 Å². The summed E-state index contributed by atoms with van der Waals surface area (Å²) in [4.78, 5) is 0.662. The molecule has 0 saturated heterocycles. The number of hydrazone groups is 1. The Morgan fingerprint density at radius 1 is 1.14 bits per heavy atom. The molecule has 2 rings (SSSR count). The van der Waals surface area contributed by atoms with Crippen molar-refractivity contribution in [3.63, 3.8) is 0 Å². The highest BCUT2D eigenvalue weighted by Gasteiger charge is 2.12. The first-order valence-electron chi connectivity index (χ1n) is 6.93. The summed E-state index contributed by atoms with van der Waals surface area (Å²) in [5, 5.41) is 4.28. The molecule has 0 aliphatic rings. The van der Waals surface area contributed by atoms with Gasteiger partial charge in [0.25, 0.3) is 0 Å². The third kappa shape index (κ3) is 3.60. The summed E-state index contributed by atoms with van der Waals surface area (Å²) in [6.45, 7) is 5.52. The normalized spacial score (nSPS) is 13.0. The summed E-state index contributed by atoms with van der Waals surface area (Å²) in [6.07, 6.45) is 0. The van der Waals surface area contributed by atoms with Crippen molar-refractivity contribution in [1.29, 1.82) is 0 Å². The van der Waals surface area contributed by atoms with Gasteiger partial charge in [-0.2, -0.15) is 5.10 Å². The Kier molecular flexibility index (Phi) is 5.08. The fourth-order valence-corrected chi connectivity index (χ4v) is 3.07. The maximum absolute atomic E-state index is 13.9. The van der Waals surface area contributed by atoms with Crippen LogP contribution in [0.25, 0.3) is 0 Å². The minimum absolute atomic E-state index is 0.323. The lowest BCUT2D eigenvalue weighted by Gasteiger charge is -2.15. The molecule has 0 radical (unpaired) electrons. The Hall–Kier alpha value is -2.01. The molecule has 1 unspecified atom stereocenters. The number of aryl methyl sites for hydroxylation is 2. The fourth-order valence-electron chi connectivity index (χ4n) is 2.20. The molecule has 0 spiro atoms. The summed E-state index contributed by atoms with van der Waals surface area (Å²) in [6, 6.07) is 12.3. The van der Waals surface area contributed by atoms with Crippen molar-refractivity contribution in [2.24, 2.45) is 5.10 Å². The van der Waals surface area contributed by atoms with E-state index in [0.717, 1.165) is 11.1 Å². The van der Waals surface area contributed by atoms with Crippen LogP contribution in [0.3, 0.4) is 0 Å². The van der Waals surface area contributed by atoms with Gasteiger partial charge in [0.05, 0.1) is 10.6 Å². The zero-order valence-corrected chi connectivity index (χ0v) is 13.9. The third-order valence-electron chi connectivity index (χ3n) is 3.34. The van der Waals surface area contributed by atoms with E-state index in [1.165, 1.54) is 10.5 Å². The summed E-state index contributed by atoms with van der Waals surface area (Å²) >= 11 is 0. The van der Waals surface area contributed by atoms with Gasteiger partial charge < -0.3 is 0 Å². The maximum atomic E-state index is 13.9. The second-order valence-electron chi connectivity index (χ2n) is 5.14. The van der Waals surface area contributed by atoms with Crippen LogP contribution in [0.1, 0.15) is 23.6 Å². The van der Waals surface area contributed by atoms with Gasteiger partial charge in [-0.3, -0.25) is 0 Å². The SMILES string of the molecule is C/C(=N/N(C)S(=O)c1ccc(C)cc1)c1c(C)cccc1F. The van der Waals surface area contributed by atoms with Crippen LogP contribution in [0.15, 0.2) is 52.5 Å². The molecule has 0 fully saturated rings. The molecule has 0 saturated carbocycles. The third-order valence-corrected chi connectivity index (χ3v) is 4.57. The van der Waals surface area contributed by atoms with Gasteiger partial charge >= 0.3 is 0 Å². The van der Waals surface area contributed by atoms with Crippen LogP contribution in [-0.2, 0) is 11.0 Å². The van der Waals surface area contributed by atoms with Crippen LogP contribution in [0.4, 0.5) is 4.39 Å². The number of benzene rings is 2. The van der Waals surface area contributed by atoms with Gasteiger partial charge in [-0.1, -0.05) is 29.8 Å². The smallest absolute Gasteiger partial charge is 0.168 e. The Balaban J connectivity index is 2.28. The highest BCUT2D eigenvalue weighted by atomic mass is 32.2. The molecule has 0 aliphatic carbocycles. The first kappa shape index (κ1) is 16.4. The number of nitrogens with zero attached hydrogens (tertiary/aromatic N) is 2. The lowest BCUT2D eigenvalue weighted by molar-refractivity contribution is 0.553. The van der Waals surface area contributed by atoms with Crippen LogP contribution < -0.4 is 0 Å². The Bertz CT molecular complexity index is 706. The molecule has 1 atom stereocenters. The van der Waals surface area contributed by atoms with Gasteiger partial charge in [0.15, 0.2) is 11.0 Å². The average Bonchev–Trinajstić information content (AvgIpc) is 2.47. The van der Waals surface area contributed by atoms with Crippen molar-refractivity contribution in [2.75, 3.05) is 7.05 Å². The number of rotatable bonds is 4. The first-order valence-corrected chi connectivity index (χ1v) is 8.04. The zero-order valence-electron chi connectivity index (χ0n) is 13.1. The van der Waals surface area contributed by atoms with Crippen molar-refractivity contribution in [1.82, 2.24) is 4.41 Å². The topological polar surface area (TPSA) is 32.7 Å². The van der Waals surface area contributed by atoms with Gasteiger partial charge in [0, 0.05) is 12.6 Å². The lowest BCUT2D eigenvalue weighted by atomic mass is 10.0. The number of hydrogen-bond acceptors (Lipinski definition) is 2. The standard InChI is InChI=1S/C17H19FN2OS/c1-12-8-10-15(11-9-12)22(21)20(4)19-14(3)17-13(2)6-5-7-16(17)18/h5-11H,1-4H3/b19-14-. The highest BCUT2D eigenvalue weighted by Crippen LogP contribution is 2.16. The van der Waals surface area contributed by atoms with Crippen molar-refractivity contribution in [3.05, 3.63) is 65.0 Å². The second kappa shape index (κ2) is 6.83. The Morgan fingerprint density at radius 3 is 2.36 bits per heavy atom. The maximum Gasteiger partial charge on any atom is 0.168 e. The van der Waals surface area contributed by atoms with Crippen molar-refractivity contribution >= 4 is 16.7 Å². The van der Waals surface area contributed by atoms with Crippen molar-refractivity contribution < 1.29 is 8.60 Å². The summed E-state index contributed by atoms with van der Waals surface area (Å²) in [5.74, 6) is -0.323. The Morgan fingerprint density at radius 2 is 1.77 bits per heavy atom. The van der Waals surface area contributed by atoms with Gasteiger partial charge in [-0.15, -0.1) is 0 Å². The molecule has 2 aromatic carbocycles. The quantitative estimate of drug-likeness (QED) is 0.623. The number of hydrogen-bond donors (Lipinski definition) is 0. The molecular weight excluding hydrogens is 299 g/mol. The van der Waals surface area contributed by atoms with Gasteiger partial charge in [-0.05, 0) is 44.5 Å². The van der Waals surface area contributed by atoms with E-state index in [2.05, 4.69) is 5.10 Å². The van der Waals surface area contributed by atoms with Crippen molar-refractivity contribution in [3.8, 4) is 0 Å². The van der Waals surface area contributed by atoms with Crippen LogP contribution in [0.2, 0.25) is 0 Å². The molecule has 116 valence electrons. The van der Waals surface area contributed by atoms with Crippen molar-refractivity contribution in [2.45, 2.75) is 25.7 Å². The molecule has 0 N–H and O–H groups in total. The molecule has 0 heterocycles. The average molecular weight is 318 g/mol. The van der Waals surface area contributed by atoms with E-state index in [0.29, 0.717) is 16.2 Å². The van der Waals surface area contributed by atoms with E-state index in [1.807, 2.05) is 32.0 Å². The molecule has 5 heteroatoms. The van der Waals surface area contributed by atoms with Crippen LogP contribution in [0.5, 0.6) is 0 Å². The Labute approximate surface area is 133 Å². The van der Waals surface area contributed by atoms with E-state index < -0.39 is 11.0 Å². The highest BCUT2D eigenvalue weighted by molar-refractivity contribution is 7.82. The van der Waals surface area contributed by atoms with Crippen LogP contribution in [0, 0.1) is 19.7 Å². The predicted octanol–water partition coefficient (Wildman–Crippen LogP) is 3.82. The van der Waals surface area contributed by atoms with E-state index in [9.17, 15) is 8.60 Å². The molecule has 0 aromatic heterocycles. The van der Waals surface area contributed by atoms with E-state index in [-0.39, 0.29) is 5.82 Å². The summed E-state index contributed by atoms with van der Waals surface area (Å²) in [7, 11) is 0.200. The van der Waals surface area contributed by atoms with Gasteiger partial charge in [0.2, 0.25) is 0 Å². The minimum atomic E-state index is -1.42. The van der Waals surface area contributed by atoms with E-state index in [4.69, 9.17) is 0 Å². The van der Waals surface area contributed by atoms with Gasteiger partial charge in [-0.25, -0.2) is 13.0 Å². The minimum Gasteiger partial charge on any atom is -0.230 e. The number of halogens is 1. The molecule has 3 nitrogen and oxygen atoms in total. The van der Waals surface area contributed by atoms with E-state index >= 15 is 0 Å². The van der Waals surface area contributed by atoms with Crippen LogP contribution >= 0.6 is 0 Å². The second-order valence-corrected chi connectivity index (χ2v) is 6.64. The fraction of sp³-hybridized carbons (Fsp3) is 0.235. The zero-order chi connectivity index (χ0) is 16.3.